The van der Waals surface area contributed by atoms with Crippen molar-refractivity contribution in [3.8, 4) is 11.3 Å². The average molecular weight is 360 g/mol. The summed E-state index contributed by atoms with van der Waals surface area (Å²) in [5.74, 6) is -0.967. The highest BCUT2D eigenvalue weighted by molar-refractivity contribution is 6.07. The minimum absolute atomic E-state index is 0.0125. The van der Waals surface area contributed by atoms with Gasteiger partial charge in [-0.3, -0.25) is 14.3 Å². The molecule has 0 aliphatic rings. The van der Waals surface area contributed by atoms with E-state index in [0.717, 1.165) is 16.7 Å². The van der Waals surface area contributed by atoms with Crippen molar-refractivity contribution in [1.82, 2.24) is 9.78 Å². The molecule has 0 atom stereocenters. The van der Waals surface area contributed by atoms with E-state index in [9.17, 15) is 9.59 Å². The van der Waals surface area contributed by atoms with Crippen LogP contribution in [0.1, 0.15) is 27.9 Å². The number of carboxylic acid groups (broad SMARTS) is 1. The monoisotopic (exact) mass is 360 g/mol. The summed E-state index contributed by atoms with van der Waals surface area (Å²) >= 11 is 0. The first kappa shape index (κ1) is 18.3. The minimum atomic E-state index is -0.876. The first-order chi connectivity index (χ1) is 13.0. The maximum Gasteiger partial charge on any atom is 0.305 e. The van der Waals surface area contributed by atoms with Gasteiger partial charge in [-0.2, -0.15) is 5.10 Å². The third-order valence-corrected chi connectivity index (χ3v) is 4.14. The second-order valence-corrected chi connectivity index (χ2v) is 6.27. The predicted octanol–water partition coefficient (Wildman–Crippen LogP) is 4.23. The number of aliphatic carboxylic acids is 1. The van der Waals surface area contributed by atoms with Gasteiger partial charge in [0.15, 0.2) is 5.78 Å². The number of aryl methyl sites for hydroxylation is 2. The zero-order valence-electron chi connectivity index (χ0n) is 15.0. The number of allylic oxidation sites excluding steroid dienone is 1. The van der Waals surface area contributed by atoms with Crippen molar-refractivity contribution in [1.29, 1.82) is 0 Å². The molecule has 0 amide bonds. The predicted molar refractivity (Wildman–Crippen MR) is 104 cm³/mol. The van der Waals surface area contributed by atoms with Crippen LogP contribution in [0.15, 0.2) is 66.9 Å². The van der Waals surface area contributed by atoms with Crippen molar-refractivity contribution < 1.29 is 14.7 Å². The Hall–Kier alpha value is -3.47. The normalized spacial score (nSPS) is 11.0. The van der Waals surface area contributed by atoms with Crippen molar-refractivity contribution in [2.45, 2.75) is 19.9 Å². The third kappa shape index (κ3) is 4.79. The molecule has 0 fully saturated rings. The van der Waals surface area contributed by atoms with Crippen LogP contribution in [0.25, 0.3) is 17.3 Å². The number of carboxylic acids is 1. The zero-order valence-corrected chi connectivity index (χ0v) is 15.0. The Morgan fingerprint density at radius 3 is 2.44 bits per heavy atom. The number of hydrogen-bond acceptors (Lipinski definition) is 3. The van der Waals surface area contributed by atoms with E-state index in [0.29, 0.717) is 11.3 Å². The van der Waals surface area contributed by atoms with Crippen molar-refractivity contribution >= 4 is 17.8 Å². The summed E-state index contributed by atoms with van der Waals surface area (Å²) in [6.45, 7) is 2.25. The smallest absolute Gasteiger partial charge is 0.305 e. The van der Waals surface area contributed by atoms with Gasteiger partial charge in [0.1, 0.15) is 0 Å². The van der Waals surface area contributed by atoms with Crippen molar-refractivity contribution in [2.75, 3.05) is 0 Å². The summed E-state index contributed by atoms with van der Waals surface area (Å²) in [6, 6.07) is 17.0. The van der Waals surface area contributed by atoms with E-state index in [1.807, 2.05) is 49.4 Å². The number of hydrogen-bond donors (Lipinski definition) is 1. The number of aromatic nitrogens is 2. The fraction of sp³-hybridized carbons (Fsp3) is 0.136. The molecule has 1 heterocycles. The lowest BCUT2D eigenvalue weighted by atomic mass is 10.1. The van der Waals surface area contributed by atoms with Crippen LogP contribution in [0.2, 0.25) is 0 Å². The van der Waals surface area contributed by atoms with Gasteiger partial charge >= 0.3 is 5.97 Å². The third-order valence-electron chi connectivity index (χ3n) is 4.14. The van der Waals surface area contributed by atoms with E-state index in [-0.39, 0.29) is 18.7 Å². The number of carbonyl (C=O) groups is 2. The van der Waals surface area contributed by atoms with E-state index in [4.69, 9.17) is 5.11 Å². The second kappa shape index (κ2) is 8.27. The van der Waals surface area contributed by atoms with E-state index in [1.54, 1.807) is 29.1 Å². The summed E-state index contributed by atoms with van der Waals surface area (Å²) in [6.07, 6.45) is 5.01. The lowest BCUT2D eigenvalue weighted by molar-refractivity contribution is -0.137. The number of benzene rings is 2. The van der Waals surface area contributed by atoms with Crippen molar-refractivity contribution in [3.05, 3.63) is 83.6 Å². The standard InChI is InChI=1S/C22H20N2O3/c1-16-7-9-17(10-8-16)20(25)12-11-19-15-24(14-13-21(26)27)23-22(19)18-5-3-2-4-6-18/h2-12,15H,13-14H2,1H3,(H,26,27). The topological polar surface area (TPSA) is 72.2 Å². The van der Waals surface area contributed by atoms with E-state index < -0.39 is 5.97 Å². The quantitative estimate of drug-likeness (QED) is 0.505. The molecule has 0 unspecified atom stereocenters. The molecule has 2 aromatic carbocycles. The van der Waals surface area contributed by atoms with Gasteiger partial charge in [0.05, 0.1) is 18.7 Å². The highest BCUT2D eigenvalue weighted by Gasteiger charge is 2.11. The molecule has 5 nitrogen and oxygen atoms in total. The number of rotatable bonds is 7. The molecule has 1 N–H and O–H groups in total. The Balaban J connectivity index is 1.89. The van der Waals surface area contributed by atoms with Gasteiger partial charge in [0, 0.05) is 22.9 Å². The zero-order chi connectivity index (χ0) is 19.2. The minimum Gasteiger partial charge on any atom is -0.481 e. The van der Waals surface area contributed by atoms with Gasteiger partial charge in [-0.25, -0.2) is 0 Å². The van der Waals surface area contributed by atoms with Crippen LogP contribution in [-0.2, 0) is 11.3 Å². The molecule has 0 bridgehead atoms. The van der Waals surface area contributed by atoms with Crippen LogP contribution >= 0.6 is 0 Å². The Morgan fingerprint density at radius 2 is 1.78 bits per heavy atom. The molecule has 0 aliphatic heterocycles. The molecule has 27 heavy (non-hydrogen) atoms. The molecule has 0 radical (unpaired) electrons. The summed E-state index contributed by atoms with van der Waals surface area (Å²) in [7, 11) is 0. The molecule has 0 saturated heterocycles. The Morgan fingerprint density at radius 1 is 1.07 bits per heavy atom. The first-order valence-corrected chi connectivity index (χ1v) is 8.66. The molecule has 0 saturated carbocycles. The largest absolute Gasteiger partial charge is 0.481 e. The van der Waals surface area contributed by atoms with Crippen molar-refractivity contribution in [2.24, 2.45) is 0 Å². The van der Waals surface area contributed by atoms with Crippen LogP contribution < -0.4 is 0 Å². The summed E-state index contributed by atoms with van der Waals surface area (Å²) < 4.78 is 1.60. The second-order valence-electron chi connectivity index (χ2n) is 6.27. The van der Waals surface area contributed by atoms with Gasteiger partial charge in [-0.1, -0.05) is 60.2 Å². The van der Waals surface area contributed by atoms with Gasteiger partial charge in [0.2, 0.25) is 0 Å². The number of carbonyl (C=O) groups excluding carboxylic acids is 1. The lowest BCUT2D eigenvalue weighted by Crippen LogP contribution is -2.04. The van der Waals surface area contributed by atoms with Crippen LogP contribution in [0.3, 0.4) is 0 Å². The highest BCUT2D eigenvalue weighted by atomic mass is 16.4. The summed E-state index contributed by atoms with van der Waals surface area (Å²) in [4.78, 5) is 23.2. The van der Waals surface area contributed by atoms with E-state index >= 15 is 0 Å². The van der Waals surface area contributed by atoms with Crippen LogP contribution in [-0.4, -0.2) is 26.6 Å². The van der Waals surface area contributed by atoms with Crippen LogP contribution in [0.4, 0.5) is 0 Å². The molecule has 5 heteroatoms. The van der Waals surface area contributed by atoms with Crippen molar-refractivity contribution in [3.63, 3.8) is 0 Å². The average Bonchev–Trinajstić information content (AvgIpc) is 3.09. The van der Waals surface area contributed by atoms with E-state index in [2.05, 4.69) is 5.10 Å². The Labute approximate surface area is 157 Å². The molecule has 0 aliphatic carbocycles. The Kier molecular flexibility index (Phi) is 5.61. The maximum atomic E-state index is 12.4. The van der Waals surface area contributed by atoms with Gasteiger partial charge < -0.3 is 5.11 Å². The van der Waals surface area contributed by atoms with E-state index in [1.165, 1.54) is 6.08 Å². The summed E-state index contributed by atoms with van der Waals surface area (Å²) in [5, 5.41) is 13.4. The molecular formula is C22H20N2O3. The molecule has 3 aromatic rings. The molecule has 0 spiro atoms. The maximum absolute atomic E-state index is 12.4. The number of nitrogens with zero attached hydrogens (tertiary/aromatic N) is 2. The Bertz CT molecular complexity index is 971. The SMILES string of the molecule is Cc1ccc(C(=O)C=Cc2cn(CCC(=O)O)nc2-c2ccccc2)cc1. The summed E-state index contributed by atoms with van der Waals surface area (Å²) in [5.41, 5.74) is 4.12. The van der Waals surface area contributed by atoms with Crippen LogP contribution in [0, 0.1) is 6.92 Å². The first-order valence-electron chi connectivity index (χ1n) is 8.66. The van der Waals surface area contributed by atoms with Gasteiger partial charge in [-0.15, -0.1) is 0 Å². The fourth-order valence-electron chi connectivity index (χ4n) is 2.68. The van der Waals surface area contributed by atoms with Gasteiger partial charge in [-0.05, 0) is 19.1 Å². The molecule has 136 valence electrons. The highest BCUT2D eigenvalue weighted by Crippen LogP contribution is 2.23. The van der Waals surface area contributed by atoms with Crippen LogP contribution in [0.5, 0.6) is 0 Å². The number of ketones is 1. The molecule has 1 aromatic heterocycles. The van der Waals surface area contributed by atoms with Gasteiger partial charge in [0.25, 0.3) is 0 Å². The molecule has 3 rings (SSSR count). The fourth-order valence-corrected chi connectivity index (χ4v) is 2.68. The molecular weight excluding hydrogens is 340 g/mol. The lowest BCUT2D eigenvalue weighted by Gasteiger charge is -1.99.